The van der Waals surface area contributed by atoms with Crippen LogP contribution in [0.5, 0.6) is 0 Å². The lowest BCUT2D eigenvalue weighted by atomic mass is 9.97. The van der Waals surface area contributed by atoms with E-state index in [0.29, 0.717) is 21.6 Å². The van der Waals surface area contributed by atoms with Crippen molar-refractivity contribution in [3.05, 3.63) is 117 Å². The van der Waals surface area contributed by atoms with Gasteiger partial charge in [0.05, 0.1) is 11.6 Å². The highest BCUT2D eigenvalue weighted by molar-refractivity contribution is 9.10. The summed E-state index contributed by atoms with van der Waals surface area (Å²) < 4.78 is 0.677. The molecule has 2 nitrogen and oxygen atoms in total. The van der Waals surface area contributed by atoms with E-state index < -0.39 is 0 Å². The van der Waals surface area contributed by atoms with Crippen LogP contribution in [0, 0.1) is 0 Å². The molecule has 0 saturated heterocycles. The number of hydrogen-bond acceptors (Lipinski definition) is 1. The molecule has 1 amide bonds. The molecule has 0 aliphatic heterocycles. The van der Waals surface area contributed by atoms with Gasteiger partial charge in [0, 0.05) is 16.0 Å². The van der Waals surface area contributed by atoms with E-state index in [1.54, 1.807) is 18.2 Å². The zero-order valence-corrected chi connectivity index (χ0v) is 18.0. The normalized spacial score (nSPS) is 11.7. The monoisotopic (exact) mass is 453 g/mol. The average molecular weight is 455 g/mol. The molecule has 4 heteroatoms. The van der Waals surface area contributed by atoms with E-state index in [0.717, 1.165) is 16.7 Å². The third-order valence-corrected chi connectivity index (χ3v) is 5.40. The molecule has 3 aromatic rings. The third kappa shape index (κ3) is 4.73. The molecule has 1 atom stereocenters. The van der Waals surface area contributed by atoms with E-state index in [2.05, 4.69) is 22.5 Å². The number of benzene rings is 3. The van der Waals surface area contributed by atoms with Gasteiger partial charge < -0.3 is 4.90 Å². The smallest absolute Gasteiger partial charge is 0.256 e. The van der Waals surface area contributed by atoms with Crippen molar-refractivity contribution in [2.75, 3.05) is 0 Å². The number of carbonyl (C=O) groups is 1. The van der Waals surface area contributed by atoms with E-state index in [1.165, 1.54) is 0 Å². The summed E-state index contributed by atoms with van der Waals surface area (Å²) in [6, 6.07) is 25.0. The first-order valence-corrected chi connectivity index (χ1v) is 10.1. The molecule has 3 rings (SSSR count). The Balaban J connectivity index is 2.08. The van der Waals surface area contributed by atoms with Gasteiger partial charge in [-0.3, -0.25) is 4.79 Å². The topological polar surface area (TPSA) is 20.3 Å². The molecule has 0 spiro atoms. The Morgan fingerprint density at radius 2 is 1.64 bits per heavy atom. The lowest BCUT2D eigenvalue weighted by molar-refractivity contribution is 0.0687. The fourth-order valence-electron chi connectivity index (χ4n) is 3.24. The summed E-state index contributed by atoms with van der Waals surface area (Å²) in [7, 11) is 0. The van der Waals surface area contributed by atoms with Crippen molar-refractivity contribution in [1.82, 2.24) is 4.90 Å². The summed E-state index contributed by atoms with van der Waals surface area (Å²) >= 11 is 9.56. The third-order valence-electron chi connectivity index (χ3n) is 4.51. The highest BCUT2D eigenvalue weighted by Gasteiger charge is 2.28. The number of nitrogens with zero attached hydrogens (tertiary/aromatic N) is 1. The van der Waals surface area contributed by atoms with Gasteiger partial charge in [0.1, 0.15) is 0 Å². The molecular weight excluding hydrogens is 434 g/mol. The lowest BCUT2D eigenvalue weighted by Gasteiger charge is -2.33. The zero-order valence-electron chi connectivity index (χ0n) is 15.6. The zero-order chi connectivity index (χ0) is 20.1. The summed E-state index contributed by atoms with van der Waals surface area (Å²) in [5.74, 6) is -0.0794. The van der Waals surface area contributed by atoms with Crippen molar-refractivity contribution in [2.45, 2.75) is 19.5 Å². The standard InChI is InChI=1S/C24H21BrClNO/c1-17(2)23(19-11-7-4-8-12-19)27(16-18-9-5-3-6-10-18)24(28)21-14-13-20(26)15-22(21)25/h3-15,23H,1,16H2,2H3/t23-/m0/s1. The van der Waals surface area contributed by atoms with Gasteiger partial charge in [-0.05, 0) is 52.2 Å². The Hall–Kier alpha value is -2.36. The largest absolute Gasteiger partial charge is 0.323 e. The van der Waals surface area contributed by atoms with Crippen molar-refractivity contribution < 1.29 is 4.79 Å². The van der Waals surface area contributed by atoms with Crippen LogP contribution in [-0.4, -0.2) is 10.8 Å². The summed E-state index contributed by atoms with van der Waals surface area (Å²) in [4.78, 5) is 15.5. The average Bonchev–Trinajstić information content (AvgIpc) is 2.68. The van der Waals surface area contributed by atoms with Crippen molar-refractivity contribution >= 4 is 33.4 Å². The van der Waals surface area contributed by atoms with Gasteiger partial charge in [-0.25, -0.2) is 0 Å². The highest BCUT2D eigenvalue weighted by atomic mass is 79.9. The molecular formula is C24H21BrClNO. The SMILES string of the molecule is C=C(C)[C@@H](c1ccccc1)N(Cc1ccccc1)C(=O)c1ccc(Cl)cc1Br. The molecule has 0 aliphatic rings. The van der Waals surface area contributed by atoms with Gasteiger partial charge in [-0.2, -0.15) is 0 Å². The van der Waals surface area contributed by atoms with Gasteiger partial charge in [0.15, 0.2) is 0 Å². The number of carbonyl (C=O) groups excluding carboxylic acids is 1. The number of halogens is 2. The molecule has 0 radical (unpaired) electrons. The van der Waals surface area contributed by atoms with Gasteiger partial charge in [0.2, 0.25) is 0 Å². The van der Waals surface area contributed by atoms with Crippen LogP contribution >= 0.6 is 27.5 Å². The van der Waals surface area contributed by atoms with Gasteiger partial charge >= 0.3 is 0 Å². The predicted octanol–water partition coefficient (Wildman–Crippen LogP) is 7.06. The molecule has 0 fully saturated rings. The Bertz CT molecular complexity index is 972. The van der Waals surface area contributed by atoms with Gasteiger partial charge in [0.25, 0.3) is 5.91 Å². The molecule has 0 bridgehead atoms. The molecule has 0 aromatic heterocycles. The molecule has 0 N–H and O–H groups in total. The number of rotatable bonds is 6. The minimum Gasteiger partial charge on any atom is -0.323 e. The second-order valence-electron chi connectivity index (χ2n) is 6.70. The van der Waals surface area contributed by atoms with Crippen molar-refractivity contribution in [1.29, 1.82) is 0 Å². The first-order valence-electron chi connectivity index (χ1n) is 8.97. The minimum atomic E-state index is -0.239. The molecule has 28 heavy (non-hydrogen) atoms. The van der Waals surface area contributed by atoms with Crippen molar-refractivity contribution in [3.8, 4) is 0 Å². The van der Waals surface area contributed by atoms with Crippen LogP contribution in [-0.2, 0) is 6.54 Å². The summed E-state index contributed by atoms with van der Waals surface area (Å²) in [6.45, 7) is 6.61. The quantitative estimate of drug-likeness (QED) is 0.365. The van der Waals surface area contributed by atoms with E-state index in [1.807, 2.05) is 72.5 Å². The molecule has 0 aliphatic carbocycles. The fourth-order valence-corrected chi connectivity index (χ4v) is 4.10. The maximum Gasteiger partial charge on any atom is 0.256 e. The van der Waals surface area contributed by atoms with Crippen LogP contribution in [0.4, 0.5) is 0 Å². The lowest BCUT2D eigenvalue weighted by Crippen LogP contribution is -2.35. The minimum absolute atomic E-state index is 0.0794. The highest BCUT2D eigenvalue weighted by Crippen LogP contribution is 2.32. The van der Waals surface area contributed by atoms with Crippen LogP contribution in [0.15, 0.2) is 95.5 Å². The number of hydrogen-bond donors (Lipinski definition) is 0. The van der Waals surface area contributed by atoms with Crippen LogP contribution in [0.1, 0.15) is 34.5 Å². The molecule has 142 valence electrons. The van der Waals surface area contributed by atoms with Crippen LogP contribution in [0.3, 0.4) is 0 Å². The summed E-state index contributed by atoms with van der Waals surface area (Å²) in [5, 5.41) is 0.581. The second-order valence-corrected chi connectivity index (χ2v) is 7.99. The van der Waals surface area contributed by atoms with E-state index in [-0.39, 0.29) is 11.9 Å². The van der Waals surface area contributed by atoms with E-state index in [9.17, 15) is 4.79 Å². The Morgan fingerprint density at radius 1 is 1.04 bits per heavy atom. The maximum absolute atomic E-state index is 13.6. The van der Waals surface area contributed by atoms with E-state index >= 15 is 0 Å². The van der Waals surface area contributed by atoms with E-state index in [4.69, 9.17) is 11.6 Å². The Labute approximate surface area is 179 Å². The maximum atomic E-state index is 13.6. The second kappa shape index (κ2) is 9.22. The molecule has 0 heterocycles. The van der Waals surface area contributed by atoms with Crippen LogP contribution in [0.25, 0.3) is 0 Å². The van der Waals surface area contributed by atoms with Crippen molar-refractivity contribution in [2.24, 2.45) is 0 Å². The summed E-state index contributed by atoms with van der Waals surface area (Å²) in [5.41, 5.74) is 3.57. The fraction of sp³-hybridized carbons (Fsp3) is 0.125. The molecule has 0 saturated carbocycles. The summed E-state index contributed by atoms with van der Waals surface area (Å²) in [6.07, 6.45) is 0. The predicted molar refractivity (Wildman–Crippen MR) is 119 cm³/mol. The van der Waals surface area contributed by atoms with Crippen LogP contribution in [0.2, 0.25) is 5.02 Å². The Morgan fingerprint density at radius 3 is 2.21 bits per heavy atom. The molecule has 0 unspecified atom stereocenters. The molecule has 3 aromatic carbocycles. The first-order chi connectivity index (χ1) is 13.5. The number of amides is 1. The first kappa shape index (κ1) is 20.4. The van der Waals surface area contributed by atoms with Gasteiger partial charge in [-0.15, -0.1) is 0 Å². The van der Waals surface area contributed by atoms with Crippen LogP contribution < -0.4 is 0 Å². The van der Waals surface area contributed by atoms with Crippen molar-refractivity contribution in [3.63, 3.8) is 0 Å². The van der Waals surface area contributed by atoms with Gasteiger partial charge in [-0.1, -0.05) is 84.4 Å². The Kier molecular flexibility index (Phi) is 6.71.